The molecular formula is C15H19N5O8. The maximum Gasteiger partial charge on any atom is 0.330 e. The zero-order valence-electron chi connectivity index (χ0n) is 14.7. The number of carbonyl (C=O) groups excluding carboxylic acids is 3. The van der Waals surface area contributed by atoms with Crippen LogP contribution in [0.1, 0.15) is 0 Å². The molecule has 1 unspecified atom stereocenters. The second kappa shape index (κ2) is 7.63. The number of guanidine groups is 1. The summed E-state index contributed by atoms with van der Waals surface area (Å²) < 4.78 is 9.83. The van der Waals surface area contributed by atoms with E-state index in [0.29, 0.717) is 0 Å². The van der Waals surface area contributed by atoms with E-state index in [1.165, 1.54) is 13.2 Å². The van der Waals surface area contributed by atoms with Crippen molar-refractivity contribution < 1.29 is 39.2 Å². The normalized spacial score (nSPS) is 32.6. The van der Waals surface area contributed by atoms with E-state index in [-0.39, 0.29) is 12.4 Å². The molecule has 28 heavy (non-hydrogen) atoms. The van der Waals surface area contributed by atoms with Crippen molar-refractivity contribution in [2.45, 2.75) is 30.6 Å². The molecule has 0 spiro atoms. The van der Waals surface area contributed by atoms with Crippen LogP contribution < -0.4 is 5.32 Å². The van der Waals surface area contributed by atoms with E-state index in [4.69, 9.17) is 10.1 Å². The average molecular weight is 397 g/mol. The van der Waals surface area contributed by atoms with Crippen molar-refractivity contribution in [2.24, 2.45) is 4.99 Å². The monoisotopic (exact) mass is 397 g/mol. The lowest BCUT2D eigenvalue weighted by molar-refractivity contribution is -0.134. The van der Waals surface area contributed by atoms with Crippen molar-refractivity contribution in [3.8, 4) is 0 Å². The molecule has 13 nitrogen and oxygen atoms in total. The highest BCUT2D eigenvalue weighted by Gasteiger charge is 2.56. The molecule has 5 atom stereocenters. The predicted octanol–water partition coefficient (Wildman–Crippen LogP) is -3.28. The lowest BCUT2D eigenvalue weighted by Gasteiger charge is -2.26. The van der Waals surface area contributed by atoms with Crippen LogP contribution in [0.5, 0.6) is 0 Å². The Morgan fingerprint density at radius 1 is 1.39 bits per heavy atom. The number of hydrogen-bond acceptors (Lipinski definition) is 9. The number of aliphatic imine (C=N–C) groups is 1. The molecule has 3 amide bonds. The molecule has 0 aromatic rings. The largest absolute Gasteiger partial charge is 0.466 e. The number of fused-ring (bicyclic) bond motifs is 1. The molecule has 3 aliphatic rings. The van der Waals surface area contributed by atoms with Gasteiger partial charge in [0.15, 0.2) is 18.1 Å². The minimum absolute atomic E-state index is 0.167. The summed E-state index contributed by atoms with van der Waals surface area (Å²) in [5, 5.41) is 39.2. The summed E-state index contributed by atoms with van der Waals surface area (Å²) in [5.74, 6) is -2.03. The number of methoxy groups -OCH3 is 1. The first kappa shape index (κ1) is 19.9. The average Bonchev–Trinajstić information content (AvgIpc) is 3.09. The zero-order chi connectivity index (χ0) is 20.6. The molecule has 3 rings (SSSR count). The third kappa shape index (κ3) is 3.24. The number of urea groups is 1. The van der Waals surface area contributed by atoms with Gasteiger partial charge in [-0.25, -0.2) is 14.5 Å². The molecule has 0 aromatic heterocycles. The standard InChI is InChI=1S/C15H19N5O8/c1-27-7(22)3-2-4-19-8-11(17-14(16)18-12(8)25)20(15(19)26)13-10(24)9(23)6(5-21)28-13/h2-3,6,8-10,13,21,23-24H,4-5H2,1H3,(H2,16,18,25)/b3-2+/t6-,8?,9+,10-,13-/m1/s1. The Morgan fingerprint density at radius 2 is 2.11 bits per heavy atom. The Morgan fingerprint density at radius 3 is 2.71 bits per heavy atom. The Kier molecular flexibility index (Phi) is 5.42. The molecule has 2 fully saturated rings. The van der Waals surface area contributed by atoms with E-state index < -0.39 is 61.1 Å². The Hall–Kier alpha value is -2.87. The molecular weight excluding hydrogens is 378 g/mol. The molecule has 0 aliphatic carbocycles. The summed E-state index contributed by atoms with van der Waals surface area (Å²) in [6, 6.07) is -2.03. The van der Waals surface area contributed by atoms with E-state index >= 15 is 0 Å². The van der Waals surface area contributed by atoms with E-state index in [9.17, 15) is 29.7 Å². The van der Waals surface area contributed by atoms with Gasteiger partial charge in [0.05, 0.1) is 13.7 Å². The number of rotatable bonds is 5. The first-order valence-corrected chi connectivity index (χ1v) is 8.25. The van der Waals surface area contributed by atoms with Crippen molar-refractivity contribution in [1.29, 1.82) is 5.41 Å². The SMILES string of the molecule is COC(=O)/C=C/CN1C(=O)N([C@@H]2O[C@H](CO)[C@H](O)[C@H]2O)C2=NC(=N)NC(=O)C21. The molecule has 3 aliphatic heterocycles. The molecule has 2 saturated heterocycles. The molecule has 3 heterocycles. The maximum absolute atomic E-state index is 12.9. The van der Waals surface area contributed by atoms with Crippen molar-refractivity contribution in [3.05, 3.63) is 12.2 Å². The fourth-order valence-corrected chi connectivity index (χ4v) is 3.17. The van der Waals surface area contributed by atoms with E-state index in [1.54, 1.807) is 0 Å². The van der Waals surface area contributed by atoms with Gasteiger partial charge in [-0.2, -0.15) is 4.99 Å². The molecule has 0 radical (unpaired) electrons. The molecule has 0 saturated carbocycles. The van der Waals surface area contributed by atoms with E-state index in [1.807, 2.05) is 0 Å². The number of amidine groups is 1. The number of aliphatic hydroxyl groups excluding tert-OH is 3. The van der Waals surface area contributed by atoms with Gasteiger partial charge in [-0.15, -0.1) is 0 Å². The number of hydrogen-bond donors (Lipinski definition) is 5. The van der Waals surface area contributed by atoms with Crippen molar-refractivity contribution in [3.63, 3.8) is 0 Å². The van der Waals surface area contributed by atoms with E-state index in [0.717, 1.165) is 15.9 Å². The molecule has 5 N–H and O–H groups in total. The summed E-state index contributed by atoms with van der Waals surface area (Å²) in [5.41, 5.74) is 0. The third-order valence-electron chi connectivity index (χ3n) is 4.50. The van der Waals surface area contributed by atoms with Crippen LogP contribution in [0, 0.1) is 5.41 Å². The number of carbonyl (C=O) groups is 3. The summed E-state index contributed by atoms with van der Waals surface area (Å²) in [4.78, 5) is 42.3. The number of ether oxygens (including phenoxy) is 2. The molecule has 152 valence electrons. The summed E-state index contributed by atoms with van der Waals surface area (Å²) in [6.07, 6.45) is -3.23. The van der Waals surface area contributed by atoms with Crippen molar-refractivity contribution >= 4 is 29.7 Å². The van der Waals surface area contributed by atoms with Crippen LogP contribution >= 0.6 is 0 Å². The highest BCUT2D eigenvalue weighted by Crippen LogP contribution is 2.31. The van der Waals surface area contributed by atoms with Crippen LogP contribution in [0.3, 0.4) is 0 Å². The fourth-order valence-electron chi connectivity index (χ4n) is 3.17. The number of nitrogens with zero attached hydrogens (tertiary/aromatic N) is 3. The predicted molar refractivity (Wildman–Crippen MR) is 89.9 cm³/mol. The summed E-state index contributed by atoms with van der Waals surface area (Å²) >= 11 is 0. The van der Waals surface area contributed by atoms with E-state index in [2.05, 4.69) is 15.0 Å². The highest BCUT2D eigenvalue weighted by atomic mass is 16.6. The second-order valence-corrected chi connectivity index (χ2v) is 6.17. The second-order valence-electron chi connectivity index (χ2n) is 6.17. The van der Waals surface area contributed by atoms with Crippen molar-refractivity contribution in [1.82, 2.24) is 15.1 Å². The van der Waals surface area contributed by atoms with Gasteiger partial charge < -0.3 is 29.7 Å². The smallest absolute Gasteiger partial charge is 0.330 e. The van der Waals surface area contributed by atoms with Gasteiger partial charge in [-0.1, -0.05) is 6.08 Å². The van der Waals surface area contributed by atoms with Gasteiger partial charge in [-0.3, -0.25) is 15.5 Å². The minimum atomic E-state index is -1.57. The van der Waals surface area contributed by atoms with Gasteiger partial charge in [0, 0.05) is 12.6 Å². The zero-order valence-corrected chi connectivity index (χ0v) is 14.7. The van der Waals surface area contributed by atoms with Gasteiger partial charge in [0.25, 0.3) is 5.91 Å². The number of esters is 1. The molecule has 0 aromatic carbocycles. The van der Waals surface area contributed by atoms with Gasteiger partial charge in [-0.05, 0) is 0 Å². The highest BCUT2D eigenvalue weighted by molar-refractivity contribution is 6.25. The van der Waals surface area contributed by atoms with Crippen molar-refractivity contribution in [2.75, 3.05) is 20.3 Å². The summed E-state index contributed by atoms with van der Waals surface area (Å²) in [7, 11) is 1.18. The lowest BCUT2D eigenvalue weighted by Crippen LogP contribution is -2.54. The Bertz CT molecular complexity index is 768. The first-order chi connectivity index (χ1) is 13.3. The summed E-state index contributed by atoms with van der Waals surface area (Å²) in [6.45, 7) is -0.780. The number of aliphatic hydroxyl groups is 3. The third-order valence-corrected chi connectivity index (χ3v) is 4.50. The van der Waals surface area contributed by atoms with Crippen LogP contribution in [-0.4, -0.2) is 106 Å². The van der Waals surface area contributed by atoms with Crippen LogP contribution in [0.25, 0.3) is 0 Å². The number of nitrogens with one attached hydrogen (secondary N) is 2. The lowest BCUT2D eigenvalue weighted by atomic mass is 10.1. The Balaban J connectivity index is 1.93. The van der Waals surface area contributed by atoms with Gasteiger partial charge in [0.2, 0.25) is 5.96 Å². The quantitative estimate of drug-likeness (QED) is 0.236. The topological polar surface area (TPSA) is 185 Å². The van der Waals surface area contributed by atoms with Crippen LogP contribution in [0.2, 0.25) is 0 Å². The molecule has 13 heteroatoms. The fraction of sp³-hybridized carbons (Fsp3) is 0.533. The van der Waals surface area contributed by atoms with Crippen LogP contribution in [-0.2, 0) is 19.1 Å². The van der Waals surface area contributed by atoms with Crippen LogP contribution in [0.15, 0.2) is 17.1 Å². The maximum atomic E-state index is 12.9. The molecule has 0 bridgehead atoms. The first-order valence-electron chi connectivity index (χ1n) is 8.25. The Labute approximate surface area is 158 Å². The number of amides is 3. The minimum Gasteiger partial charge on any atom is -0.466 e. The van der Waals surface area contributed by atoms with Gasteiger partial charge >= 0.3 is 12.0 Å². The van der Waals surface area contributed by atoms with Crippen LogP contribution in [0.4, 0.5) is 4.79 Å². The van der Waals surface area contributed by atoms with Gasteiger partial charge in [0.1, 0.15) is 18.3 Å².